The number of carbonyl (C=O) groups is 2. The summed E-state index contributed by atoms with van der Waals surface area (Å²) in [6.07, 6.45) is 0. The van der Waals surface area contributed by atoms with Crippen molar-refractivity contribution >= 4 is 11.9 Å². The molecule has 2 aromatic rings. The number of rotatable bonds is 5. The Morgan fingerprint density at radius 3 is 2.17 bits per heavy atom. The molecule has 0 aliphatic carbocycles. The summed E-state index contributed by atoms with van der Waals surface area (Å²) in [6, 6.07) is 17.2. The highest BCUT2D eigenvalue weighted by molar-refractivity contribution is 5.93. The van der Waals surface area contributed by atoms with Gasteiger partial charge in [-0.15, -0.1) is 0 Å². The average molecular weight is 396 g/mol. The molecular weight excluding hydrogens is 368 g/mol. The normalized spacial score (nSPS) is 19.6. The van der Waals surface area contributed by atoms with Gasteiger partial charge in [0.25, 0.3) is 5.91 Å². The van der Waals surface area contributed by atoms with Gasteiger partial charge in [-0.3, -0.25) is 14.9 Å². The quantitative estimate of drug-likeness (QED) is 0.536. The fraction of sp³-hybridized carbons (Fsp3) is 0.364. The zero-order valence-electron chi connectivity index (χ0n) is 16.8. The van der Waals surface area contributed by atoms with Crippen molar-refractivity contribution in [1.82, 2.24) is 20.6 Å². The van der Waals surface area contributed by atoms with Crippen LogP contribution in [-0.4, -0.2) is 52.1 Å². The molecule has 0 bridgehead atoms. The Hall–Kier alpha value is -2.90. The largest absolute Gasteiger partial charge is 0.334 e. The van der Waals surface area contributed by atoms with Crippen molar-refractivity contribution in [3.05, 3.63) is 71.3 Å². The highest BCUT2D eigenvalue weighted by Gasteiger charge is 2.32. The number of nitrogens with one attached hydrogen (secondary N) is 2. The minimum Gasteiger partial charge on any atom is -0.334 e. The Balaban J connectivity index is 1.55. The first-order valence-corrected chi connectivity index (χ1v) is 9.83. The topological polar surface area (TPSA) is 84.9 Å². The minimum atomic E-state index is -0.520. The smallest absolute Gasteiger partial charge is 0.318 e. The molecule has 0 saturated carbocycles. The lowest BCUT2D eigenvalue weighted by molar-refractivity contribution is 0.0599. The van der Waals surface area contributed by atoms with Gasteiger partial charge >= 0.3 is 6.03 Å². The van der Waals surface area contributed by atoms with Gasteiger partial charge in [0.1, 0.15) is 0 Å². The van der Waals surface area contributed by atoms with E-state index in [2.05, 4.69) is 24.1 Å². The van der Waals surface area contributed by atoms with Crippen LogP contribution in [0.1, 0.15) is 35.3 Å². The van der Waals surface area contributed by atoms with E-state index < -0.39 is 5.91 Å². The average Bonchev–Trinajstić information content (AvgIpc) is 2.72. The Morgan fingerprint density at radius 2 is 1.59 bits per heavy atom. The summed E-state index contributed by atoms with van der Waals surface area (Å²) in [6.45, 7) is 6.96. The standard InChI is InChI=1S/C22H28N4O3/c1-16-13-25(15-19-8-10-20(11-9-19)21(27)24-29)14-17(2)26(16)22(28)23-12-18-6-4-3-5-7-18/h3-11,16-17,29H,12-15H2,1-2H3,(H,23,28)(H,24,27)/t16-,17+. The molecule has 29 heavy (non-hydrogen) atoms. The maximum absolute atomic E-state index is 12.7. The van der Waals surface area contributed by atoms with E-state index in [-0.39, 0.29) is 18.1 Å². The number of piperazine rings is 1. The maximum atomic E-state index is 12.7. The number of benzene rings is 2. The minimum absolute atomic E-state index is 0.0344. The molecule has 3 N–H and O–H groups in total. The summed E-state index contributed by atoms with van der Waals surface area (Å²) >= 11 is 0. The van der Waals surface area contributed by atoms with Gasteiger partial charge < -0.3 is 10.2 Å². The van der Waals surface area contributed by atoms with Crippen molar-refractivity contribution in [2.45, 2.75) is 39.0 Å². The lowest BCUT2D eigenvalue weighted by Crippen LogP contribution is -2.60. The molecule has 3 amide bonds. The predicted octanol–water partition coefficient (Wildman–Crippen LogP) is 2.61. The lowest BCUT2D eigenvalue weighted by Gasteiger charge is -2.44. The predicted molar refractivity (Wildman–Crippen MR) is 110 cm³/mol. The second kappa shape index (κ2) is 9.54. The fourth-order valence-corrected chi connectivity index (χ4v) is 3.91. The zero-order valence-corrected chi connectivity index (χ0v) is 16.8. The molecule has 7 nitrogen and oxygen atoms in total. The molecule has 3 rings (SSSR count). The number of amides is 3. The lowest BCUT2D eigenvalue weighted by atomic mass is 10.1. The van der Waals surface area contributed by atoms with Crippen molar-refractivity contribution < 1.29 is 14.8 Å². The summed E-state index contributed by atoms with van der Waals surface area (Å²) in [4.78, 5) is 28.4. The van der Waals surface area contributed by atoms with E-state index >= 15 is 0 Å². The van der Waals surface area contributed by atoms with Crippen LogP contribution in [0.15, 0.2) is 54.6 Å². The van der Waals surface area contributed by atoms with Gasteiger partial charge in [-0.05, 0) is 37.1 Å². The van der Waals surface area contributed by atoms with E-state index in [1.54, 1.807) is 17.6 Å². The van der Waals surface area contributed by atoms with Crippen LogP contribution in [0.2, 0.25) is 0 Å². The van der Waals surface area contributed by atoms with Crippen molar-refractivity contribution in [2.24, 2.45) is 0 Å². The van der Waals surface area contributed by atoms with Crippen LogP contribution in [0, 0.1) is 0 Å². The van der Waals surface area contributed by atoms with Crippen molar-refractivity contribution in [3.63, 3.8) is 0 Å². The molecule has 7 heteroatoms. The molecule has 2 aromatic carbocycles. The van der Waals surface area contributed by atoms with Gasteiger partial charge in [-0.25, -0.2) is 10.3 Å². The monoisotopic (exact) mass is 396 g/mol. The number of carbonyl (C=O) groups excluding carboxylic acids is 2. The van der Waals surface area contributed by atoms with Crippen LogP contribution in [0.3, 0.4) is 0 Å². The van der Waals surface area contributed by atoms with Crippen molar-refractivity contribution in [3.8, 4) is 0 Å². The van der Waals surface area contributed by atoms with Crippen LogP contribution in [0.4, 0.5) is 4.79 Å². The van der Waals surface area contributed by atoms with E-state index in [0.717, 1.165) is 30.8 Å². The first-order chi connectivity index (χ1) is 14.0. The number of hydroxylamine groups is 1. The number of hydrogen-bond donors (Lipinski definition) is 3. The van der Waals surface area contributed by atoms with E-state index in [1.807, 2.05) is 47.4 Å². The second-order valence-electron chi connectivity index (χ2n) is 7.58. The van der Waals surface area contributed by atoms with E-state index in [4.69, 9.17) is 5.21 Å². The van der Waals surface area contributed by atoms with Gasteiger partial charge in [0.2, 0.25) is 0 Å². The maximum Gasteiger partial charge on any atom is 0.318 e. The second-order valence-corrected chi connectivity index (χ2v) is 7.58. The van der Waals surface area contributed by atoms with Crippen LogP contribution < -0.4 is 10.8 Å². The van der Waals surface area contributed by atoms with Crippen molar-refractivity contribution in [2.75, 3.05) is 13.1 Å². The first-order valence-electron chi connectivity index (χ1n) is 9.83. The molecule has 0 aromatic heterocycles. The molecule has 0 spiro atoms. The summed E-state index contributed by atoms with van der Waals surface area (Å²) in [5.74, 6) is -0.520. The van der Waals surface area contributed by atoms with Gasteiger partial charge in [-0.1, -0.05) is 42.5 Å². The van der Waals surface area contributed by atoms with Gasteiger partial charge in [0.15, 0.2) is 0 Å². The van der Waals surface area contributed by atoms with Crippen molar-refractivity contribution in [1.29, 1.82) is 0 Å². The molecule has 2 atom stereocenters. The van der Waals surface area contributed by atoms with Gasteiger partial charge in [-0.2, -0.15) is 0 Å². The van der Waals surface area contributed by atoms with E-state index in [1.165, 1.54) is 0 Å². The zero-order chi connectivity index (χ0) is 20.8. The van der Waals surface area contributed by atoms with Crippen LogP contribution in [-0.2, 0) is 13.1 Å². The summed E-state index contributed by atoms with van der Waals surface area (Å²) in [5.41, 5.74) is 4.22. The summed E-state index contributed by atoms with van der Waals surface area (Å²) < 4.78 is 0. The molecule has 0 unspecified atom stereocenters. The molecule has 154 valence electrons. The first kappa shape index (κ1) is 20.8. The molecule has 1 aliphatic rings. The summed E-state index contributed by atoms with van der Waals surface area (Å²) in [7, 11) is 0. The molecule has 1 saturated heterocycles. The third-order valence-corrected chi connectivity index (χ3v) is 5.24. The third kappa shape index (κ3) is 5.34. The highest BCUT2D eigenvalue weighted by atomic mass is 16.5. The van der Waals surface area contributed by atoms with E-state index in [0.29, 0.717) is 12.1 Å². The Kier molecular flexibility index (Phi) is 6.85. The molecule has 0 radical (unpaired) electrons. The highest BCUT2D eigenvalue weighted by Crippen LogP contribution is 2.18. The fourth-order valence-electron chi connectivity index (χ4n) is 3.91. The van der Waals surface area contributed by atoms with E-state index in [9.17, 15) is 9.59 Å². The molecular formula is C22H28N4O3. The molecule has 1 fully saturated rings. The van der Waals surface area contributed by atoms with Crippen LogP contribution in [0.25, 0.3) is 0 Å². The van der Waals surface area contributed by atoms with Gasteiger partial charge in [0.05, 0.1) is 0 Å². The number of nitrogens with zero attached hydrogens (tertiary/aromatic N) is 2. The van der Waals surface area contributed by atoms with Crippen LogP contribution in [0.5, 0.6) is 0 Å². The summed E-state index contributed by atoms with van der Waals surface area (Å²) in [5, 5.41) is 11.7. The third-order valence-electron chi connectivity index (χ3n) is 5.24. The van der Waals surface area contributed by atoms with Gasteiger partial charge in [0, 0.05) is 43.8 Å². The van der Waals surface area contributed by atoms with Crippen LogP contribution >= 0.6 is 0 Å². The SMILES string of the molecule is C[C@@H]1CN(Cc2ccc(C(=O)NO)cc2)C[C@H](C)N1C(=O)NCc1ccccc1. The molecule has 1 heterocycles. The Morgan fingerprint density at radius 1 is 0.966 bits per heavy atom. The molecule has 1 aliphatic heterocycles. The number of hydrogen-bond acceptors (Lipinski definition) is 4. The Bertz CT molecular complexity index is 814. The number of urea groups is 1. The Labute approximate surface area is 171 Å².